The Kier molecular flexibility index (Phi) is 13.8. The lowest BCUT2D eigenvalue weighted by molar-refractivity contribution is 0.00990. The maximum absolute atomic E-state index is 5.64. The average Bonchev–Trinajstić information content (AvgIpc) is 2.57. The molecule has 1 rings (SSSR count). The third-order valence-corrected chi connectivity index (χ3v) is 4.05. The molecule has 1 heterocycles. The second-order valence-corrected chi connectivity index (χ2v) is 5.86. The molecule has 2 N–H and O–H groups in total. The van der Waals surface area contributed by atoms with Crippen molar-refractivity contribution in [3.8, 4) is 0 Å². The number of likely N-dealkylation sites (N-methyl/N-ethyl adjacent to an activating group) is 1. The topological polar surface area (TPSA) is 55.0 Å². The maximum atomic E-state index is 5.64. The fraction of sp³-hybridized carbons (Fsp3) is 1.00. The average molecular weight is 332 g/mol. The Labute approximate surface area is 142 Å². The van der Waals surface area contributed by atoms with Crippen LogP contribution in [0.25, 0.3) is 0 Å². The smallest absolute Gasteiger partial charge is 0.0701 e. The van der Waals surface area contributed by atoms with E-state index in [4.69, 9.17) is 14.2 Å². The zero-order chi connectivity index (χ0) is 16.6. The summed E-state index contributed by atoms with van der Waals surface area (Å²) in [5.41, 5.74) is 0. The van der Waals surface area contributed by atoms with Crippen LogP contribution in [-0.2, 0) is 14.2 Å². The first kappa shape index (κ1) is 20.8. The summed E-state index contributed by atoms with van der Waals surface area (Å²) < 4.78 is 16.5. The molecule has 0 spiro atoms. The third-order valence-electron chi connectivity index (χ3n) is 4.05. The Morgan fingerprint density at radius 3 is 2.04 bits per heavy atom. The van der Waals surface area contributed by atoms with Crippen molar-refractivity contribution in [3.05, 3.63) is 0 Å². The van der Waals surface area contributed by atoms with Crippen LogP contribution < -0.4 is 10.6 Å². The first-order chi connectivity index (χ1) is 11.4. The van der Waals surface area contributed by atoms with Crippen LogP contribution in [0.3, 0.4) is 0 Å². The molecule has 1 aliphatic rings. The number of hydrogen-bond donors (Lipinski definition) is 2. The van der Waals surface area contributed by atoms with Gasteiger partial charge in [0.05, 0.1) is 39.6 Å². The van der Waals surface area contributed by atoms with Crippen LogP contribution in [-0.4, -0.2) is 89.9 Å². The molecule has 1 aliphatic heterocycles. The summed E-state index contributed by atoms with van der Waals surface area (Å²) in [5, 5.41) is 6.75. The summed E-state index contributed by atoms with van der Waals surface area (Å²) in [7, 11) is 0. The van der Waals surface area contributed by atoms with E-state index < -0.39 is 0 Å². The summed E-state index contributed by atoms with van der Waals surface area (Å²) in [5.74, 6) is 0. The van der Waals surface area contributed by atoms with Gasteiger partial charge in [-0.05, 0) is 39.0 Å². The van der Waals surface area contributed by atoms with Crippen molar-refractivity contribution >= 4 is 0 Å². The van der Waals surface area contributed by atoms with Crippen molar-refractivity contribution in [2.75, 3.05) is 78.9 Å². The van der Waals surface area contributed by atoms with Crippen molar-refractivity contribution < 1.29 is 14.2 Å². The second-order valence-electron chi connectivity index (χ2n) is 5.86. The molecule has 1 fully saturated rings. The zero-order valence-electron chi connectivity index (χ0n) is 15.1. The van der Waals surface area contributed by atoms with E-state index in [1.807, 2.05) is 0 Å². The van der Waals surface area contributed by atoms with E-state index in [9.17, 15) is 0 Å². The Balaban J connectivity index is 1.77. The van der Waals surface area contributed by atoms with Gasteiger partial charge >= 0.3 is 0 Å². The highest BCUT2D eigenvalue weighted by Crippen LogP contribution is 2.09. The normalized spacial score (nSPS) is 17.0. The van der Waals surface area contributed by atoms with Crippen molar-refractivity contribution in [2.24, 2.45) is 0 Å². The number of ether oxygens (including phenoxy) is 3. The summed E-state index contributed by atoms with van der Waals surface area (Å²) in [6.07, 6.45) is 2.51. The van der Waals surface area contributed by atoms with Crippen LogP contribution >= 0.6 is 0 Å². The lowest BCUT2D eigenvalue weighted by Crippen LogP contribution is -2.43. The van der Waals surface area contributed by atoms with E-state index >= 15 is 0 Å². The van der Waals surface area contributed by atoms with Gasteiger partial charge in [-0.15, -0.1) is 0 Å². The molecule has 0 atom stereocenters. The predicted octanol–water partition coefficient (Wildman–Crippen LogP) is 0.720. The first-order valence-corrected chi connectivity index (χ1v) is 9.26. The van der Waals surface area contributed by atoms with Gasteiger partial charge in [0.1, 0.15) is 0 Å². The van der Waals surface area contributed by atoms with Crippen LogP contribution in [0.1, 0.15) is 26.7 Å². The highest BCUT2D eigenvalue weighted by atomic mass is 16.5. The molecule has 6 nitrogen and oxygen atoms in total. The van der Waals surface area contributed by atoms with Crippen molar-refractivity contribution in [1.82, 2.24) is 15.5 Å². The van der Waals surface area contributed by atoms with Crippen molar-refractivity contribution in [2.45, 2.75) is 32.7 Å². The predicted molar refractivity (Wildman–Crippen MR) is 94.1 cm³/mol. The minimum atomic E-state index is 0.646. The molecular weight excluding hydrogens is 294 g/mol. The fourth-order valence-corrected chi connectivity index (χ4v) is 2.71. The Morgan fingerprint density at radius 2 is 1.43 bits per heavy atom. The van der Waals surface area contributed by atoms with Crippen LogP contribution in [0.15, 0.2) is 0 Å². The minimum absolute atomic E-state index is 0.646. The quantitative estimate of drug-likeness (QED) is 0.431. The molecule has 23 heavy (non-hydrogen) atoms. The Bertz CT molecular complexity index is 249. The number of hydrogen-bond acceptors (Lipinski definition) is 6. The molecule has 0 bridgehead atoms. The molecule has 0 saturated carbocycles. The Hall–Kier alpha value is -0.240. The van der Waals surface area contributed by atoms with E-state index in [2.05, 4.69) is 29.4 Å². The van der Waals surface area contributed by atoms with E-state index in [0.717, 1.165) is 39.4 Å². The highest BCUT2D eigenvalue weighted by Gasteiger charge is 2.17. The molecule has 1 saturated heterocycles. The lowest BCUT2D eigenvalue weighted by atomic mass is 10.1. The van der Waals surface area contributed by atoms with Crippen LogP contribution in [0.5, 0.6) is 0 Å². The standard InChI is InChI=1S/C17H37N3O3/c1-3-18-7-11-21-13-15-23-16-14-22-12-10-20-8-5-17(6-9-20)19-4-2/h17-19H,3-16H2,1-2H3. The molecule has 0 aromatic heterocycles. The van der Waals surface area contributed by atoms with Gasteiger partial charge in [-0.2, -0.15) is 0 Å². The number of rotatable bonds is 15. The third kappa shape index (κ3) is 11.9. The van der Waals surface area contributed by atoms with Crippen LogP contribution in [0.2, 0.25) is 0 Å². The summed E-state index contributed by atoms with van der Waals surface area (Å²) >= 11 is 0. The summed E-state index contributed by atoms with van der Waals surface area (Å²) in [6, 6.07) is 0.713. The van der Waals surface area contributed by atoms with Gasteiger partial charge in [0.15, 0.2) is 0 Å². The van der Waals surface area contributed by atoms with Gasteiger partial charge in [-0.3, -0.25) is 0 Å². The zero-order valence-corrected chi connectivity index (χ0v) is 15.1. The molecule has 0 aromatic carbocycles. The van der Waals surface area contributed by atoms with Gasteiger partial charge in [-0.25, -0.2) is 0 Å². The summed E-state index contributed by atoms with van der Waals surface area (Å²) in [4.78, 5) is 2.49. The minimum Gasteiger partial charge on any atom is -0.378 e. The van der Waals surface area contributed by atoms with Gasteiger partial charge in [0, 0.05) is 19.1 Å². The molecule has 6 heteroatoms. The summed E-state index contributed by atoms with van der Waals surface area (Å²) in [6.45, 7) is 14.8. The van der Waals surface area contributed by atoms with Crippen LogP contribution in [0, 0.1) is 0 Å². The van der Waals surface area contributed by atoms with E-state index in [-0.39, 0.29) is 0 Å². The number of nitrogens with one attached hydrogen (secondary N) is 2. The van der Waals surface area contributed by atoms with E-state index in [1.165, 1.54) is 25.9 Å². The fourth-order valence-electron chi connectivity index (χ4n) is 2.71. The molecular formula is C17H37N3O3. The van der Waals surface area contributed by atoms with Crippen molar-refractivity contribution in [1.29, 1.82) is 0 Å². The van der Waals surface area contributed by atoms with Gasteiger partial charge < -0.3 is 29.7 Å². The maximum Gasteiger partial charge on any atom is 0.0701 e. The molecule has 0 unspecified atom stereocenters. The van der Waals surface area contributed by atoms with Crippen LogP contribution in [0.4, 0.5) is 0 Å². The molecule has 138 valence electrons. The monoisotopic (exact) mass is 331 g/mol. The number of piperidine rings is 1. The van der Waals surface area contributed by atoms with Gasteiger partial charge in [0.2, 0.25) is 0 Å². The molecule has 0 radical (unpaired) electrons. The first-order valence-electron chi connectivity index (χ1n) is 9.26. The lowest BCUT2D eigenvalue weighted by Gasteiger charge is -2.32. The Morgan fingerprint density at radius 1 is 0.826 bits per heavy atom. The highest BCUT2D eigenvalue weighted by molar-refractivity contribution is 4.76. The van der Waals surface area contributed by atoms with Gasteiger partial charge in [-0.1, -0.05) is 13.8 Å². The van der Waals surface area contributed by atoms with Gasteiger partial charge in [0.25, 0.3) is 0 Å². The molecule has 0 amide bonds. The largest absolute Gasteiger partial charge is 0.378 e. The van der Waals surface area contributed by atoms with E-state index in [0.29, 0.717) is 32.5 Å². The van der Waals surface area contributed by atoms with E-state index in [1.54, 1.807) is 0 Å². The number of likely N-dealkylation sites (tertiary alicyclic amines) is 1. The SMILES string of the molecule is CCNCCOCCOCCOCCN1CCC(NCC)CC1. The molecule has 0 aliphatic carbocycles. The molecule has 0 aromatic rings. The second kappa shape index (κ2) is 15.3. The number of nitrogens with zero attached hydrogens (tertiary/aromatic N) is 1. The van der Waals surface area contributed by atoms with Crippen molar-refractivity contribution in [3.63, 3.8) is 0 Å².